The van der Waals surface area contributed by atoms with E-state index in [1.807, 2.05) is 24.3 Å². The maximum absolute atomic E-state index is 13.9. The van der Waals surface area contributed by atoms with Crippen molar-refractivity contribution in [1.29, 1.82) is 0 Å². The molecule has 1 aliphatic rings. The van der Waals surface area contributed by atoms with Crippen LogP contribution in [0.5, 0.6) is 5.75 Å². The van der Waals surface area contributed by atoms with Crippen molar-refractivity contribution in [1.82, 2.24) is 5.32 Å². The molecule has 2 aromatic carbocycles. The Morgan fingerprint density at radius 2 is 1.72 bits per heavy atom. The Morgan fingerprint density at radius 1 is 1.08 bits per heavy atom. The highest BCUT2D eigenvalue weighted by Crippen LogP contribution is 2.37. The molecule has 0 unspecified atom stereocenters. The summed E-state index contributed by atoms with van der Waals surface area (Å²) in [5.41, 5.74) is -1.40. The topological polar surface area (TPSA) is 66.0 Å². The number of hydrogen-bond donors (Lipinski definition) is 1. The fraction of sp³-hybridized carbons (Fsp3) is 0.483. The number of rotatable bonds is 8. The monoisotopic (exact) mass is 613 g/mol. The normalized spacial score (nSPS) is 17.2. The fourth-order valence-corrected chi connectivity index (χ4v) is 4.03. The summed E-state index contributed by atoms with van der Waals surface area (Å²) in [4.78, 5) is 12.5. The van der Waals surface area contributed by atoms with Crippen molar-refractivity contribution in [2.24, 2.45) is 0 Å². The minimum absolute atomic E-state index is 0.0431. The molecule has 3 rings (SSSR count). The molecule has 1 saturated heterocycles. The van der Waals surface area contributed by atoms with Crippen LogP contribution in [-0.2, 0) is 26.8 Å². The number of benzene rings is 2. The summed E-state index contributed by atoms with van der Waals surface area (Å²) in [7, 11) is 0. The van der Waals surface area contributed by atoms with Gasteiger partial charge in [-0.05, 0) is 82.9 Å². The Kier molecular flexibility index (Phi) is 9.78. The second kappa shape index (κ2) is 12.3. The SMILES string of the molecule is CC(C)(C)OC(=O)NC1(/C=C/c2ccc(OCCCc3ccc(Br)cc3)c(C(F)(F)F)c2)COC(C)(C)OC1. The zero-order valence-corrected chi connectivity index (χ0v) is 24.4. The first-order chi connectivity index (χ1) is 18.1. The first kappa shape index (κ1) is 31.0. The summed E-state index contributed by atoms with van der Waals surface area (Å²) in [6.45, 7) is 8.90. The van der Waals surface area contributed by atoms with Gasteiger partial charge in [0.2, 0.25) is 0 Å². The van der Waals surface area contributed by atoms with E-state index < -0.39 is 34.8 Å². The minimum Gasteiger partial charge on any atom is -0.493 e. The van der Waals surface area contributed by atoms with Gasteiger partial charge in [0.1, 0.15) is 16.9 Å². The lowest BCUT2D eigenvalue weighted by molar-refractivity contribution is -0.263. The van der Waals surface area contributed by atoms with Gasteiger partial charge in [0.05, 0.1) is 25.4 Å². The van der Waals surface area contributed by atoms with Crippen molar-refractivity contribution in [2.45, 2.75) is 70.6 Å². The van der Waals surface area contributed by atoms with E-state index in [1.165, 1.54) is 18.2 Å². The van der Waals surface area contributed by atoms with Gasteiger partial charge in [0.25, 0.3) is 0 Å². The van der Waals surface area contributed by atoms with Crippen LogP contribution in [0.2, 0.25) is 0 Å². The summed E-state index contributed by atoms with van der Waals surface area (Å²) >= 11 is 3.38. The molecule has 1 heterocycles. The van der Waals surface area contributed by atoms with E-state index in [9.17, 15) is 18.0 Å². The summed E-state index contributed by atoms with van der Waals surface area (Å²) in [6.07, 6.45) is -0.992. The van der Waals surface area contributed by atoms with Crippen LogP contribution in [-0.4, -0.2) is 42.8 Å². The second-order valence-electron chi connectivity index (χ2n) is 10.9. The molecule has 0 aromatic heterocycles. The van der Waals surface area contributed by atoms with Crippen LogP contribution >= 0.6 is 15.9 Å². The van der Waals surface area contributed by atoms with Crippen LogP contribution in [0, 0.1) is 0 Å². The van der Waals surface area contributed by atoms with E-state index >= 15 is 0 Å². The zero-order chi connectivity index (χ0) is 28.9. The van der Waals surface area contributed by atoms with Crippen LogP contribution in [0.1, 0.15) is 57.7 Å². The molecule has 39 heavy (non-hydrogen) atoms. The number of carbonyl (C=O) groups is 1. The largest absolute Gasteiger partial charge is 0.493 e. The first-order valence-electron chi connectivity index (χ1n) is 12.6. The molecule has 0 aliphatic carbocycles. The summed E-state index contributed by atoms with van der Waals surface area (Å²) in [5, 5.41) is 2.76. The number of nitrogens with one attached hydrogen (secondary N) is 1. The van der Waals surface area contributed by atoms with Crippen LogP contribution in [0.15, 0.2) is 53.0 Å². The third-order valence-corrected chi connectivity index (χ3v) is 6.32. The lowest BCUT2D eigenvalue weighted by Gasteiger charge is -2.42. The number of ether oxygens (including phenoxy) is 4. The highest BCUT2D eigenvalue weighted by atomic mass is 79.9. The number of amides is 1. The van der Waals surface area contributed by atoms with Gasteiger partial charge >= 0.3 is 12.3 Å². The highest BCUT2D eigenvalue weighted by Gasteiger charge is 2.41. The maximum Gasteiger partial charge on any atom is 0.419 e. The second-order valence-corrected chi connectivity index (χ2v) is 11.8. The molecule has 2 aromatic rings. The van der Waals surface area contributed by atoms with Gasteiger partial charge in [-0.25, -0.2) is 4.79 Å². The van der Waals surface area contributed by atoms with E-state index in [1.54, 1.807) is 40.7 Å². The molecule has 1 amide bonds. The standard InChI is InChI=1S/C29H35BrF3NO5/c1-26(2,3)39-25(35)34-28(18-37-27(4,5)38-19-28)15-14-21-10-13-24(23(17-21)29(31,32)33)36-16-6-7-20-8-11-22(30)12-9-20/h8-15,17H,6-7,16,18-19H2,1-5H3,(H,34,35)/b15-14+. The van der Waals surface area contributed by atoms with Crippen molar-refractivity contribution in [3.05, 3.63) is 69.7 Å². The average molecular weight is 614 g/mol. The molecule has 10 heteroatoms. The van der Waals surface area contributed by atoms with E-state index in [2.05, 4.69) is 21.2 Å². The minimum atomic E-state index is -4.61. The lowest BCUT2D eigenvalue weighted by Crippen LogP contribution is -2.60. The smallest absolute Gasteiger partial charge is 0.419 e. The summed E-state index contributed by atoms with van der Waals surface area (Å²) in [5.74, 6) is -1.10. The molecule has 0 atom stereocenters. The maximum atomic E-state index is 13.9. The Morgan fingerprint density at radius 3 is 2.31 bits per heavy atom. The van der Waals surface area contributed by atoms with E-state index in [4.69, 9.17) is 18.9 Å². The van der Waals surface area contributed by atoms with Gasteiger partial charge in [-0.15, -0.1) is 0 Å². The molecule has 214 valence electrons. The van der Waals surface area contributed by atoms with Crippen molar-refractivity contribution in [2.75, 3.05) is 19.8 Å². The molecule has 0 saturated carbocycles. The lowest BCUT2D eigenvalue weighted by atomic mass is 9.97. The molecular formula is C29H35BrF3NO5. The average Bonchev–Trinajstić information content (AvgIpc) is 2.82. The molecule has 1 fully saturated rings. The molecular weight excluding hydrogens is 579 g/mol. The number of alkyl halides is 3. The summed E-state index contributed by atoms with van der Waals surface area (Å²) in [6, 6.07) is 11.6. The molecule has 0 bridgehead atoms. The number of hydrogen-bond acceptors (Lipinski definition) is 5. The Hall–Kier alpha value is -2.56. The van der Waals surface area contributed by atoms with Crippen LogP contribution < -0.4 is 10.1 Å². The van der Waals surface area contributed by atoms with E-state index in [-0.39, 0.29) is 31.1 Å². The number of carbonyl (C=O) groups excluding carboxylic acids is 1. The van der Waals surface area contributed by atoms with Crippen LogP contribution in [0.25, 0.3) is 6.08 Å². The van der Waals surface area contributed by atoms with Gasteiger partial charge in [0.15, 0.2) is 5.79 Å². The van der Waals surface area contributed by atoms with Crippen molar-refractivity contribution >= 4 is 28.1 Å². The van der Waals surface area contributed by atoms with Gasteiger partial charge in [-0.3, -0.25) is 0 Å². The zero-order valence-electron chi connectivity index (χ0n) is 22.8. The van der Waals surface area contributed by atoms with Gasteiger partial charge < -0.3 is 24.3 Å². The van der Waals surface area contributed by atoms with Crippen molar-refractivity contribution < 1.29 is 36.9 Å². The molecule has 0 radical (unpaired) electrons. The van der Waals surface area contributed by atoms with Crippen molar-refractivity contribution in [3.63, 3.8) is 0 Å². The number of halogens is 4. The quantitative estimate of drug-likeness (QED) is 0.312. The third-order valence-electron chi connectivity index (χ3n) is 5.79. The number of aryl methyl sites for hydroxylation is 1. The molecule has 1 N–H and O–H groups in total. The van der Waals surface area contributed by atoms with Crippen LogP contribution in [0.3, 0.4) is 0 Å². The van der Waals surface area contributed by atoms with Gasteiger partial charge in [0, 0.05) is 4.47 Å². The van der Waals surface area contributed by atoms with E-state index in [0.29, 0.717) is 12.8 Å². The Labute approximate surface area is 236 Å². The summed E-state index contributed by atoms with van der Waals surface area (Å²) < 4.78 is 65.1. The number of alkyl carbamates (subject to hydrolysis) is 1. The first-order valence-corrected chi connectivity index (χ1v) is 13.4. The van der Waals surface area contributed by atoms with Gasteiger partial charge in [-0.2, -0.15) is 13.2 Å². The predicted molar refractivity (Wildman–Crippen MR) is 147 cm³/mol. The highest BCUT2D eigenvalue weighted by molar-refractivity contribution is 9.10. The van der Waals surface area contributed by atoms with Crippen LogP contribution in [0.4, 0.5) is 18.0 Å². The molecule has 0 spiro atoms. The Bertz CT molecular complexity index is 1150. The predicted octanol–water partition coefficient (Wildman–Crippen LogP) is 7.54. The Balaban J connectivity index is 1.75. The van der Waals surface area contributed by atoms with Crippen molar-refractivity contribution in [3.8, 4) is 5.75 Å². The molecule has 6 nitrogen and oxygen atoms in total. The van der Waals surface area contributed by atoms with Gasteiger partial charge in [-0.1, -0.05) is 46.3 Å². The molecule has 1 aliphatic heterocycles. The fourth-order valence-electron chi connectivity index (χ4n) is 3.77. The van der Waals surface area contributed by atoms with E-state index in [0.717, 1.165) is 16.1 Å². The third kappa shape index (κ3) is 9.85.